The van der Waals surface area contributed by atoms with Crippen LogP contribution in [-0.2, 0) is 16.0 Å². The van der Waals surface area contributed by atoms with Crippen molar-refractivity contribution in [1.82, 2.24) is 0 Å². The highest BCUT2D eigenvalue weighted by atomic mass is 16.6. The number of aromatic hydroxyl groups is 1. The van der Waals surface area contributed by atoms with E-state index >= 15 is 0 Å². The predicted octanol–water partition coefficient (Wildman–Crippen LogP) is 7.05. The summed E-state index contributed by atoms with van der Waals surface area (Å²) in [6, 6.07) is 0. The van der Waals surface area contributed by atoms with E-state index in [0.717, 1.165) is 24.7 Å². The van der Waals surface area contributed by atoms with Gasteiger partial charge in [0, 0.05) is 23.5 Å². The molecule has 5 atom stereocenters. The SMILES string of the molecule is CC(C)=CCC[C@]1(C)C=Cc2c(O)c3c(c(CC=C(C)C)c2O1)OC12C(=C=C4C[C@H]1C(C)(C)O[C@@]2(C/C=C(/C)C=O)[C@H]4O)C3=O. The summed E-state index contributed by atoms with van der Waals surface area (Å²) in [5.41, 5.74) is 3.86. The molecule has 7 nitrogen and oxygen atoms in total. The van der Waals surface area contributed by atoms with Crippen molar-refractivity contribution >= 4 is 18.1 Å². The van der Waals surface area contributed by atoms with Crippen molar-refractivity contribution in [2.24, 2.45) is 5.92 Å². The molecule has 0 amide bonds. The Balaban J connectivity index is 1.60. The van der Waals surface area contributed by atoms with Crippen molar-refractivity contribution in [1.29, 1.82) is 0 Å². The number of carbonyl (C=O) groups is 2. The molecule has 1 unspecified atom stereocenters. The zero-order valence-electron chi connectivity index (χ0n) is 27.6. The maximum absolute atomic E-state index is 14.7. The Hall–Kier alpha value is -3.64. The molecule has 2 fully saturated rings. The molecule has 238 valence electrons. The van der Waals surface area contributed by atoms with E-state index < -0.39 is 34.3 Å². The van der Waals surface area contributed by atoms with E-state index in [1.165, 1.54) is 5.57 Å². The summed E-state index contributed by atoms with van der Waals surface area (Å²) in [5.74, 6) is -0.166. The van der Waals surface area contributed by atoms with Crippen molar-refractivity contribution in [3.63, 3.8) is 0 Å². The van der Waals surface area contributed by atoms with Crippen molar-refractivity contribution in [3.05, 3.63) is 74.6 Å². The smallest absolute Gasteiger partial charge is 0.208 e. The molecule has 45 heavy (non-hydrogen) atoms. The van der Waals surface area contributed by atoms with E-state index in [4.69, 9.17) is 14.2 Å². The molecular formula is C38H44O7. The van der Waals surface area contributed by atoms with Crippen LogP contribution in [0.5, 0.6) is 17.2 Å². The molecule has 0 aromatic heterocycles. The minimum Gasteiger partial charge on any atom is -0.506 e. The highest BCUT2D eigenvalue weighted by Crippen LogP contribution is 2.68. The average molecular weight is 613 g/mol. The van der Waals surface area contributed by atoms with Gasteiger partial charge in [-0.25, -0.2) is 0 Å². The molecule has 7 rings (SSSR count). The van der Waals surface area contributed by atoms with Crippen LogP contribution < -0.4 is 9.47 Å². The lowest BCUT2D eigenvalue weighted by molar-refractivity contribution is -0.178. The molecule has 7 heteroatoms. The molecule has 6 aliphatic rings. The normalized spacial score (nSPS) is 31.5. The lowest BCUT2D eigenvalue weighted by atomic mass is 9.53. The molecular weight excluding hydrogens is 568 g/mol. The second-order valence-electron chi connectivity index (χ2n) is 14.5. The van der Waals surface area contributed by atoms with E-state index in [-0.39, 0.29) is 35.0 Å². The van der Waals surface area contributed by atoms with Crippen molar-refractivity contribution in [2.45, 2.75) is 116 Å². The molecule has 1 saturated carbocycles. The largest absolute Gasteiger partial charge is 0.506 e. The van der Waals surface area contributed by atoms with Crippen LogP contribution in [0.4, 0.5) is 0 Å². The van der Waals surface area contributed by atoms with Crippen molar-refractivity contribution < 1.29 is 34.0 Å². The monoisotopic (exact) mass is 612 g/mol. The minimum atomic E-state index is -1.40. The second-order valence-corrected chi connectivity index (χ2v) is 14.5. The first kappa shape index (κ1) is 31.3. The molecule has 0 radical (unpaired) electrons. The summed E-state index contributed by atoms with van der Waals surface area (Å²) in [4.78, 5) is 26.3. The molecule has 1 saturated heterocycles. The number of allylic oxidation sites excluding steroid dienone is 5. The van der Waals surface area contributed by atoms with Crippen molar-refractivity contribution in [3.8, 4) is 17.2 Å². The standard InChI is InChI=1S/C38H44O7/c1-21(2)10-9-15-36(8)16-14-25-30(40)29-31(41)27-18-24-19-28-35(6,7)45-37(34(24)42,17-13-23(5)20-39)38(27,28)44-33(29)26(32(25)43-36)12-11-22(3)4/h10-11,13-14,16,20,28,34,40,42H,9,12,15,17,19H2,1-8H3/b23-13-/t28-,34-,36+,37-,38?/m0/s1. The Labute approximate surface area is 265 Å². The van der Waals surface area contributed by atoms with Crippen LogP contribution in [-0.4, -0.2) is 50.8 Å². The number of phenols is 1. The number of carbonyl (C=O) groups excluding carboxylic acids is 2. The molecule has 1 aromatic rings. The first-order valence-corrected chi connectivity index (χ1v) is 15.9. The van der Waals surface area contributed by atoms with Crippen LogP contribution in [0.1, 0.15) is 103 Å². The van der Waals surface area contributed by atoms with Gasteiger partial charge >= 0.3 is 0 Å². The fraction of sp³-hybridized carbons (Fsp3) is 0.500. The Morgan fingerprint density at radius 3 is 2.42 bits per heavy atom. The Morgan fingerprint density at radius 2 is 1.76 bits per heavy atom. The summed E-state index contributed by atoms with van der Waals surface area (Å²) in [7, 11) is 0. The van der Waals surface area contributed by atoms with Crippen LogP contribution in [0.15, 0.2) is 57.9 Å². The average Bonchev–Trinajstić information content (AvgIpc) is 3.12. The highest BCUT2D eigenvalue weighted by molar-refractivity contribution is 6.16. The van der Waals surface area contributed by atoms with E-state index in [9.17, 15) is 19.8 Å². The van der Waals surface area contributed by atoms with Gasteiger partial charge in [-0.05, 0) is 98.8 Å². The van der Waals surface area contributed by atoms with E-state index in [1.54, 1.807) is 13.0 Å². The number of hydrogen-bond acceptors (Lipinski definition) is 7. The van der Waals surface area contributed by atoms with Gasteiger partial charge in [-0.15, -0.1) is 5.73 Å². The third kappa shape index (κ3) is 4.46. The van der Waals surface area contributed by atoms with E-state index in [2.05, 4.69) is 31.7 Å². The topological polar surface area (TPSA) is 102 Å². The number of fused-ring (bicyclic) bond motifs is 2. The number of aldehydes is 1. The first-order valence-electron chi connectivity index (χ1n) is 15.9. The van der Waals surface area contributed by atoms with Gasteiger partial charge in [0.25, 0.3) is 0 Å². The van der Waals surface area contributed by atoms with Gasteiger partial charge in [0.1, 0.15) is 46.4 Å². The Kier molecular flexibility index (Phi) is 7.28. The fourth-order valence-electron chi connectivity index (χ4n) is 7.97. The highest BCUT2D eigenvalue weighted by Gasteiger charge is 2.80. The van der Waals surface area contributed by atoms with Crippen LogP contribution >= 0.6 is 0 Å². The first-order chi connectivity index (χ1) is 21.1. The summed E-state index contributed by atoms with van der Waals surface area (Å²) in [6.07, 6.45) is 12.0. The maximum Gasteiger partial charge on any atom is 0.208 e. The van der Waals surface area contributed by atoms with Crippen molar-refractivity contribution in [2.75, 3.05) is 0 Å². The molecule has 3 aliphatic heterocycles. The van der Waals surface area contributed by atoms with Gasteiger partial charge in [-0.1, -0.05) is 29.4 Å². The number of hydrogen-bond donors (Lipinski definition) is 2. The zero-order valence-corrected chi connectivity index (χ0v) is 27.6. The minimum absolute atomic E-state index is 0.0787. The van der Waals surface area contributed by atoms with Gasteiger partial charge in [0.2, 0.25) is 5.78 Å². The molecule has 4 bridgehead atoms. The van der Waals surface area contributed by atoms with E-state index in [1.807, 2.05) is 46.8 Å². The number of rotatable bonds is 8. The molecule has 1 aromatic carbocycles. The Morgan fingerprint density at radius 1 is 1.04 bits per heavy atom. The number of ether oxygens (including phenoxy) is 3. The van der Waals surface area contributed by atoms with Gasteiger partial charge in [0.05, 0.1) is 16.7 Å². The quantitative estimate of drug-likeness (QED) is 0.140. The lowest BCUT2D eigenvalue weighted by Crippen LogP contribution is -2.71. The Bertz CT molecular complexity index is 1700. The fourth-order valence-corrected chi connectivity index (χ4v) is 7.97. The molecule has 1 spiro atoms. The van der Waals surface area contributed by atoms with Crippen LogP contribution in [0.25, 0.3) is 6.08 Å². The summed E-state index contributed by atoms with van der Waals surface area (Å²) in [5, 5.41) is 23.6. The van der Waals surface area contributed by atoms with E-state index in [0.29, 0.717) is 40.9 Å². The molecule has 3 heterocycles. The summed E-state index contributed by atoms with van der Waals surface area (Å²) < 4.78 is 20.8. The number of aliphatic hydroxyl groups excluding tert-OH is 1. The predicted molar refractivity (Wildman–Crippen MR) is 173 cm³/mol. The third-order valence-corrected chi connectivity index (χ3v) is 10.2. The van der Waals surface area contributed by atoms with Crippen LogP contribution in [0.3, 0.4) is 0 Å². The number of aliphatic hydroxyl groups is 1. The summed E-state index contributed by atoms with van der Waals surface area (Å²) in [6.45, 7) is 15.8. The van der Waals surface area contributed by atoms with Crippen LogP contribution in [0, 0.1) is 5.92 Å². The number of ketones is 1. The molecule has 2 N–H and O–H groups in total. The van der Waals surface area contributed by atoms with Gasteiger partial charge in [-0.2, -0.15) is 0 Å². The number of phenolic OH excluding ortho intramolecular Hbond substituents is 1. The molecule has 3 aliphatic carbocycles. The summed E-state index contributed by atoms with van der Waals surface area (Å²) >= 11 is 0. The maximum atomic E-state index is 14.7. The van der Waals surface area contributed by atoms with Gasteiger partial charge in [-0.3, -0.25) is 9.59 Å². The van der Waals surface area contributed by atoms with Gasteiger partial charge in [0.15, 0.2) is 5.60 Å². The van der Waals surface area contributed by atoms with Gasteiger partial charge < -0.3 is 24.4 Å². The lowest BCUT2D eigenvalue weighted by Gasteiger charge is -2.56. The second kappa shape index (κ2) is 10.4. The zero-order chi connectivity index (χ0) is 32.7. The number of Topliss-reactive ketones (excluding diaryl/α,β-unsaturated/α-hetero) is 1. The number of benzene rings is 1. The third-order valence-electron chi connectivity index (χ3n) is 10.2. The van der Waals surface area contributed by atoms with Crippen LogP contribution in [0.2, 0.25) is 0 Å².